The Bertz CT molecular complexity index is 1520. The van der Waals surface area contributed by atoms with Gasteiger partial charge in [0.05, 0.1) is 29.4 Å². The van der Waals surface area contributed by atoms with Crippen LogP contribution in [0.5, 0.6) is 0 Å². The van der Waals surface area contributed by atoms with Gasteiger partial charge in [0.2, 0.25) is 0 Å². The van der Waals surface area contributed by atoms with E-state index in [4.69, 9.17) is 9.72 Å². The Morgan fingerprint density at radius 3 is 2.62 bits per heavy atom. The Morgan fingerprint density at radius 2 is 1.89 bits per heavy atom. The van der Waals surface area contributed by atoms with Crippen molar-refractivity contribution < 1.29 is 14.3 Å². The van der Waals surface area contributed by atoms with Gasteiger partial charge in [0, 0.05) is 20.3 Å². The number of nitrogens with one attached hydrogen (secondary N) is 1. The number of esters is 1. The van der Waals surface area contributed by atoms with Gasteiger partial charge in [-0.1, -0.05) is 67.0 Å². The highest BCUT2D eigenvalue weighted by Crippen LogP contribution is 2.44. The lowest BCUT2D eigenvalue weighted by Gasteiger charge is -2.33. The van der Waals surface area contributed by atoms with Crippen molar-refractivity contribution >= 4 is 55.0 Å². The molecule has 0 radical (unpaired) electrons. The highest BCUT2D eigenvalue weighted by atomic mass is 79.9. The molecule has 0 fully saturated rings. The van der Waals surface area contributed by atoms with Crippen molar-refractivity contribution in [2.24, 2.45) is 11.3 Å². The van der Waals surface area contributed by atoms with Gasteiger partial charge in [0.25, 0.3) is 5.91 Å². The van der Waals surface area contributed by atoms with E-state index < -0.39 is 5.97 Å². The summed E-state index contributed by atoms with van der Waals surface area (Å²) < 4.78 is 6.08. The first-order valence-corrected chi connectivity index (χ1v) is 14.0. The predicted molar refractivity (Wildman–Crippen MR) is 153 cm³/mol. The predicted octanol–water partition coefficient (Wildman–Crippen LogP) is 7.92. The number of halogens is 1. The number of aromatic nitrogens is 1. The maximum Gasteiger partial charge on any atom is 0.341 e. The Hall–Kier alpha value is -3.03. The van der Waals surface area contributed by atoms with E-state index >= 15 is 0 Å². The molecule has 0 unspecified atom stereocenters. The summed E-state index contributed by atoms with van der Waals surface area (Å²) in [6, 6.07) is 17.3. The Kier molecular flexibility index (Phi) is 6.94. The first-order valence-electron chi connectivity index (χ1n) is 12.4. The van der Waals surface area contributed by atoms with E-state index in [1.165, 1.54) is 18.4 Å². The summed E-state index contributed by atoms with van der Waals surface area (Å²) in [7, 11) is 1.39. The summed E-state index contributed by atoms with van der Waals surface area (Å²) in [5.41, 5.74) is 4.54. The molecule has 0 spiro atoms. The van der Waals surface area contributed by atoms with E-state index in [0.29, 0.717) is 27.7 Å². The second-order valence-corrected chi connectivity index (χ2v) is 12.6. The van der Waals surface area contributed by atoms with Gasteiger partial charge in [-0.2, -0.15) is 0 Å². The van der Waals surface area contributed by atoms with Gasteiger partial charge in [-0.25, -0.2) is 9.78 Å². The number of benzene rings is 2. The fourth-order valence-corrected chi connectivity index (χ4v) is 6.77. The Morgan fingerprint density at radius 1 is 1.11 bits per heavy atom. The molecular formula is C30H29BrN2O3S. The number of methoxy groups -OCH3 is 1. The van der Waals surface area contributed by atoms with Gasteiger partial charge < -0.3 is 10.1 Å². The summed E-state index contributed by atoms with van der Waals surface area (Å²) in [5.74, 6) is -0.160. The first kappa shape index (κ1) is 25.6. The third-order valence-electron chi connectivity index (χ3n) is 7.19. The molecule has 2 aromatic carbocycles. The molecule has 0 aliphatic heterocycles. The minimum Gasteiger partial charge on any atom is -0.465 e. The lowest BCUT2D eigenvalue weighted by Crippen LogP contribution is -2.26. The Balaban J connectivity index is 1.56. The number of carbonyl (C=O) groups is 2. The van der Waals surface area contributed by atoms with Crippen molar-refractivity contribution in [3.63, 3.8) is 0 Å². The van der Waals surface area contributed by atoms with E-state index in [1.54, 1.807) is 0 Å². The summed E-state index contributed by atoms with van der Waals surface area (Å²) in [6.07, 6.45) is 2.71. The zero-order valence-corrected chi connectivity index (χ0v) is 23.8. The van der Waals surface area contributed by atoms with Crippen LogP contribution in [0.25, 0.3) is 22.2 Å². The van der Waals surface area contributed by atoms with Crippen LogP contribution in [0, 0.1) is 11.3 Å². The van der Waals surface area contributed by atoms with Crippen LogP contribution < -0.4 is 5.32 Å². The lowest BCUT2D eigenvalue weighted by molar-refractivity contribution is 0.0600. The van der Waals surface area contributed by atoms with Crippen LogP contribution in [-0.2, 0) is 17.6 Å². The number of nitrogens with zero attached hydrogens (tertiary/aromatic N) is 1. The number of amides is 1. The molecule has 0 saturated heterocycles. The van der Waals surface area contributed by atoms with E-state index in [1.807, 2.05) is 54.6 Å². The smallest absolute Gasteiger partial charge is 0.341 e. The van der Waals surface area contributed by atoms with Crippen LogP contribution in [0.15, 0.2) is 59.1 Å². The summed E-state index contributed by atoms with van der Waals surface area (Å²) in [5, 5.41) is 4.39. The topological polar surface area (TPSA) is 68.3 Å². The fraction of sp³-hybridized carbons (Fsp3) is 0.300. The molecule has 5 nitrogen and oxygen atoms in total. The van der Waals surface area contributed by atoms with Crippen molar-refractivity contribution in [3.8, 4) is 11.3 Å². The standard InChI is InChI=1S/C30H29BrN2O3S/c1-30(2,3)18-12-13-21-25(15-18)37-28(26(21)29(35)36-4)33-27(34)22-16-24(17-8-7-9-19(31)14-17)32-23-11-6-5-10-20(22)23/h5-11,14,16,18H,12-13,15H2,1-4H3,(H,33,34)/t18-/m1/s1. The SMILES string of the molecule is COC(=O)c1c(NC(=O)c2cc(-c3cccc(Br)c3)nc3ccccc23)sc2c1CC[C@@H](C(C)(C)C)C2. The molecule has 37 heavy (non-hydrogen) atoms. The molecule has 2 heterocycles. The van der Waals surface area contributed by atoms with Crippen LogP contribution in [0.4, 0.5) is 5.00 Å². The Labute approximate surface area is 229 Å². The van der Waals surface area contributed by atoms with E-state index in [-0.39, 0.29) is 11.3 Å². The molecule has 0 saturated carbocycles. The molecule has 1 N–H and O–H groups in total. The van der Waals surface area contributed by atoms with Crippen molar-refractivity contribution in [2.75, 3.05) is 12.4 Å². The molecule has 190 valence electrons. The molecule has 7 heteroatoms. The van der Waals surface area contributed by atoms with E-state index in [2.05, 4.69) is 42.0 Å². The third-order valence-corrected chi connectivity index (χ3v) is 8.85. The number of ether oxygens (including phenoxy) is 1. The molecule has 5 rings (SSSR count). The van der Waals surface area contributed by atoms with Crippen LogP contribution in [0.1, 0.15) is 58.3 Å². The number of thiophene rings is 1. The van der Waals surface area contributed by atoms with Gasteiger partial charge in [-0.15, -0.1) is 11.3 Å². The number of pyridine rings is 1. The molecule has 0 bridgehead atoms. The largest absolute Gasteiger partial charge is 0.465 e. The number of hydrogen-bond donors (Lipinski definition) is 1. The highest BCUT2D eigenvalue weighted by Gasteiger charge is 2.34. The minimum absolute atomic E-state index is 0.176. The van der Waals surface area contributed by atoms with Crippen LogP contribution in [0.2, 0.25) is 0 Å². The van der Waals surface area contributed by atoms with Crippen molar-refractivity contribution in [2.45, 2.75) is 40.0 Å². The van der Waals surface area contributed by atoms with Crippen LogP contribution in [0.3, 0.4) is 0 Å². The van der Waals surface area contributed by atoms with Gasteiger partial charge >= 0.3 is 5.97 Å². The van der Waals surface area contributed by atoms with Gasteiger partial charge in [-0.3, -0.25) is 4.79 Å². The van der Waals surface area contributed by atoms with Gasteiger partial charge in [0.15, 0.2) is 0 Å². The fourth-order valence-electron chi connectivity index (χ4n) is 5.06. The van der Waals surface area contributed by atoms with Gasteiger partial charge in [0.1, 0.15) is 5.00 Å². The number of hydrogen-bond acceptors (Lipinski definition) is 5. The summed E-state index contributed by atoms with van der Waals surface area (Å²) in [6.45, 7) is 6.78. The molecular weight excluding hydrogens is 548 g/mol. The molecule has 1 amide bonds. The maximum atomic E-state index is 13.8. The number of anilines is 1. The molecule has 1 atom stereocenters. The molecule has 1 aliphatic rings. The number of fused-ring (bicyclic) bond motifs is 2. The lowest BCUT2D eigenvalue weighted by atomic mass is 9.72. The first-order chi connectivity index (χ1) is 17.7. The van der Waals surface area contributed by atoms with E-state index in [9.17, 15) is 9.59 Å². The normalized spacial score (nSPS) is 15.3. The second kappa shape index (κ2) is 10.0. The minimum atomic E-state index is -0.406. The van der Waals surface area contributed by atoms with E-state index in [0.717, 1.165) is 50.6 Å². The monoisotopic (exact) mass is 576 g/mol. The van der Waals surface area contributed by atoms with Crippen molar-refractivity contribution in [1.82, 2.24) is 4.98 Å². The van der Waals surface area contributed by atoms with Crippen molar-refractivity contribution in [3.05, 3.63) is 80.6 Å². The zero-order valence-electron chi connectivity index (χ0n) is 21.4. The van der Waals surface area contributed by atoms with Gasteiger partial charge in [-0.05, 0) is 60.4 Å². The molecule has 2 aromatic heterocycles. The average molecular weight is 578 g/mol. The van der Waals surface area contributed by atoms with Crippen LogP contribution in [-0.4, -0.2) is 24.0 Å². The summed E-state index contributed by atoms with van der Waals surface area (Å²) in [4.78, 5) is 32.6. The second-order valence-electron chi connectivity index (χ2n) is 10.5. The quantitative estimate of drug-likeness (QED) is 0.250. The third kappa shape index (κ3) is 5.07. The maximum absolute atomic E-state index is 13.8. The number of rotatable bonds is 4. The van der Waals surface area contributed by atoms with Crippen LogP contribution >= 0.6 is 27.3 Å². The van der Waals surface area contributed by atoms with Crippen molar-refractivity contribution in [1.29, 1.82) is 0 Å². The zero-order chi connectivity index (χ0) is 26.3. The average Bonchev–Trinajstić information content (AvgIpc) is 3.24. The number of carbonyl (C=O) groups excluding carboxylic acids is 2. The summed E-state index contributed by atoms with van der Waals surface area (Å²) >= 11 is 5.03. The number of para-hydroxylation sites is 1. The molecule has 1 aliphatic carbocycles. The highest BCUT2D eigenvalue weighted by molar-refractivity contribution is 9.10. The molecule has 4 aromatic rings.